The van der Waals surface area contributed by atoms with Crippen molar-refractivity contribution in [2.75, 3.05) is 5.32 Å². The largest absolute Gasteiger partial charge is 0.355 e. The molecule has 5 aromatic carbocycles. The lowest BCUT2D eigenvalue weighted by molar-refractivity contribution is 0.997. The number of aryl methyl sites for hydroxylation is 1. The van der Waals surface area contributed by atoms with Gasteiger partial charge in [-0.3, -0.25) is 0 Å². The van der Waals surface area contributed by atoms with Crippen molar-refractivity contribution in [3.63, 3.8) is 0 Å². The van der Waals surface area contributed by atoms with Crippen molar-refractivity contribution in [1.82, 2.24) is 0 Å². The molecule has 0 radical (unpaired) electrons. The maximum Gasteiger partial charge on any atom is 0.0390 e. The highest BCUT2D eigenvalue weighted by molar-refractivity contribution is 8.88. The zero-order valence-corrected chi connectivity index (χ0v) is 147. The SMILES string of the molecule is C1=Cc2ccc3ccc(Nc4ccc5cccc(-c6ccccc6)c5c4)cc3c2CC1.S=S=S=S=S=S=S=S=S=S=S=S=S=S=S=S=S=S=S=S=S=S=S=S=S=S=S=S=S=S=S=S=S=S=S=S=S=S=S=S=S=S=S=S=S=S=S=S=S=S=S=S=S=S=S=S=S=S=S=S=S=S=S=S=S=S=S=S=S=S=S=S=S=S=S=S=S=S=S=S=S=S=S=S=S=S=S=S=S=S=S=S=S=S=S=S=S=S=S=S=S=S=S=S=S=S. The van der Waals surface area contributed by atoms with Gasteiger partial charge < -0.3 is 5.32 Å². The Morgan fingerprint density at radius 3 is 0.577 bits per heavy atom. The molecule has 784 valence electrons. The zero-order chi connectivity index (χ0) is 96.2. The van der Waals surface area contributed by atoms with Crippen LogP contribution < -0.4 is 5.32 Å². The van der Waals surface area contributed by atoms with Crippen molar-refractivity contribution in [2.45, 2.75) is 12.8 Å². The smallest absolute Gasteiger partial charge is 0.0390 e. The molecule has 0 saturated carbocycles. The standard InChI is InChI=1S/C30H23N.S106/c1-2-7-21(8-3-1)28-12-6-10-23-15-17-25(19-29(23)28)31-26-18-16-24-14-13-22-9-4-5-11-27(22)30(24)20-26;1-3-5-7-9-11-13-15-17-19-21-23-25-27-29-31-33-35-37-39-41-43-45-47-49-51-53-55-57-59-61-63-65-67-69-71-73-75-77-79-81-83-85-87-89-91-93-95-97-99-101-103-105-106-104-102-100-98-96-94-92-90-88-86-84-82-80-78-76-74-72-70-68-66-64-62-60-58-56-54-52-50-48-46-44-42-40-38-36-34-32-30-28-26-24-22-20-18-16-14-12-10-8-6-4-2/h1-4,6-10,12-20,31H,5,11H2;. The Morgan fingerprint density at radius 2 is 0.365 bits per heavy atom. The number of allylic oxidation sites excluding steroid dienone is 1. The molecular weight excluding hydrogens is 3770 g/mol. The molecule has 137 heavy (non-hydrogen) atoms. The van der Waals surface area contributed by atoms with Gasteiger partial charge in [-0.15, -0.1) is 0 Å². The summed E-state index contributed by atoms with van der Waals surface area (Å²) in [5.41, 5.74) is 7.58. The first-order chi connectivity index (χ1) is 68.3. The first kappa shape index (κ1) is 147. The molecule has 1 N–H and O–H groups in total. The molecule has 0 aliphatic heterocycles. The third-order valence-electron chi connectivity index (χ3n) is 9.14. The van der Waals surface area contributed by atoms with Crippen molar-refractivity contribution in [3.05, 3.63) is 114 Å². The Balaban J connectivity index is 0.000000876. The highest BCUT2D eigenvalue weighted by atomic mass is 33.6. The molecule has 0 heterocycles. The number of rotatable bonds is 3. The van der Waals surface area contributed by atoms with E-state index in [4.69, 9.17) is 22.4 Å². The molecule has 6 rings (SSSR count). The summed E-state index contributed by atoms with van der Waals surface area (Å²) in [6.45, 7) is 0. The third kappa shape index (κ3) is 96.8. The van der Waals surface area contributed by atoms with Gasteiger partial charge in [0.2, 0.25) is 0 Å². The summed E-state index contributed by atoms with van der Waals surface area (Å²) in [5, 5.41) is 8.85. The van der Waals surface area contributed by atoms with Crippen LogP contribution in [0.5, 0.6) is 0 Å². The fourth-order valence-electron chi connectivity index (χ4n) is 5.89. The van der Waals surface area contributed by atoms with E-state index in [1.54, 1.807) is 107 Å². The van der Waals surface area contributed by atoms with Crippen LogP contribution in [0.1, 0.15) is 17.5 Å². The van der Waals surface area contributed by atoms with Crippen LogP contribution in [0.3, 0.4) is 0 Å². The van der Waals surface area contributed by atoms with Crippen molar-refractivity contribution >= 4 is 985 Å². The predicted molar refractivity (Wildman–Crippen MR) is 915 cm³/mol. The molecule has 0 atom stereocenters. The number of hydrogen-bond acceptors (Lipinski definition) is 3. The van der Waals surface area contributed by atoms with Crippen LogP contribution in [0, 0.1) is 0 Å². The zero-order valence-electron chi connectivity index (χ0n) is 60.6. The number of fused-ring (bicyclic) bond motifs is 4. The van der Waals surface area contributed by atoms with E-state index in [9.17, 15) is 0 Å². The quantitative estimate of drug-likeness (QED) is 0.196. The normalized spacial score (nSPS) is 8.99. The van der Waals surface area contributed by atoms with E-state index in [-0.39, 0.29) is 0 Å². The van der Waals surface area contributed by atoms with Gasteiger partial charge in [0.1, 0.15) is 0 Å². The van der Waals surface area contributed by atoms with E-state index in [1.165, 1.54) is 61.6 Å². The first-order valence-corrected chi connectivity index (χ1v) is 168. The molecule has 0 amide bonds. The molecule has 1 aliphatic rings. The van der Waals surface area contributed by atoms with Gasteiger partial charge in [-0.1, -0.05) is 84.9 Å². The lowest BCUT2D eigenvalue weighted by Gasteiger charge is -2.16. The average Bonchev–Trinajstić information content (AvgIpc) is 0.785. The molecule has 0 aromatic heterocycles. The minimum Gasteiger partial charge on any atom is -0.355 e. The molecule has 0 fully saturated rings. The summed E-state index contributed by atoms with van der Waals surface area (Å²) < 4.78 is 0. The number of anilines is 2. The monoisotopic (exact) mass is 3790 g/mol. The minimum atomic E-state index is 1.11. The van der Waals surface area contributed by atoms with Crippen LogP contribution in [0.25, 0.3) is 38.7 Å². The second kappa shape index (κ2) is 122. The Kier molecular flexibility index (Phi) is 131. The van der Waals surface area contributed by atoms with E-state index in [0.717, 1.165) is 24.2 Å². The lowest BCUT2D eigenvalue weighted by atomic mass is 9.91. The van der Waals surface area contributed by atoms with E-state index >= 15 is 0 Å². The average molecular weight is 3800 g/mol. The highest BCUT2D eigenvalue weighted by Crippen LogP contribution is 2.34. The van der Waals surface area contributed by atoms with E-state index in [1.807, 2.05) is 799 Å². The minimum absolute atomic E-state index is 1.11. The number of nitrogens with one attached hydrogen (secondary N) is 1. The van der Waals surface area contributed by atoms with E-state index in [0.29, 0.717) is 0 Å². The van der Waals surface area contributed by atoms with Gasteiger partial charge in [0, 0.05) is 957 Å². The second-order valence-corrected chi connectivity index (χ2v) is 199. The van der Waals surface area contributed by atoms with Gasteiger partial charge in [-0.2, -0.15) is 0 Å². The van der Waals surface area contributed by atoms with Crippen molar-refractivity contribution in [1.29, 1.82) is 0 Å². The van der Waals surface area contributed by atoms with Gasteiger partial charge in [0.25, 0.3) is 0 Å². The third-order valence-corrected chi connectivity index (χ3v) is 238. The van der Waals surface area contributed by atoms with Gasteiger partial charge in [0.05, 0.1) is 0 Å². The first-order valence-electron chi connectivity index (χ1n) is 28.4. The van der Waals surface area contributed by atoms with Gasteiger partial charge in [-0.05, 0) is 80.9 Å². The van der Waals surface area contributed by atoms with Crippen LogP contribution >= 0.6 is 0 Å². The Hall–Kier alpha value is 19.5. The maximum absolute atomic E-state index is 4.83. The van der Waals surface area contributed by atoms with Crippen LogP contribution in [-0.2, 0) is 952 Å². The fraction of sp³-hybridized carbons (Fsp3) is 0.0667. The summed E-state index contributed by atoms with van der Waals surface area (Å²) in [6, 6.07) is 35.0. The summed E-state index contributed by atoms with van der Waals surface area (Å²) in [6.07, 6.45) is 6.77. The Labute approximate surface area is 1100 Å². The summed E-state index contributed by atoms with van der Waals surface area (Å²) in [7, 11) is 188. The Bertz CT molecular complexity index is 10400. The molecular formula is C30H23NS106. The number of benzene rings is 5. The second-order valence-electron chi connectivity index (χ2n) is 15.3. The lowest BCUT2D eigenvalue weighted by Crippen LogP contribution is -1.97. The summed E-state index contributed by atoms with van der Waals surface area (Å²) >= 11 is 9.66. The van der Waals surface area contributed by atoms with Crippen LogP contribution in [0.15, 0.2) is 103 Å². The molecule has 0 bridgehead atoms. The van der Waals surface area contributed by atoms with Gasteiger partial charge in [-0.25, -0.2) is 0 Å². The molecule has 107 heteroatoms. The topological polar surface area (TPSA) is 12.0 Å². The van der Waals surface area contributed by atoms with Crippen molar-refractivity contribution < 1.29 is 0 Å². The van der Waals surface area contributed by atoms with Crippen LogP contribution in [0.4, 0.5) is 11.4 Å². The van der Waals surface area contributed by atoms with E-state index < -0.39 is 0 Å². The van der Waals surface area contributed by atoms with Gasteiger partial charge in [0.15, 0.2) is 0 Å². The molecule has 5 aromatic rings. The summed E-state index contributed by atoms with van der Waals surface area (Å²) in [4.78, 5) is 0. The maximum atomic E-state index is 4.83. The molecule has 0 spiro atoms. The fourth-order valence-corrected chi connectivity index (χ4v) is 286. The summed E-state index contributed by atoms with van der Waals surface area (Å²) in [5.74, 6) is 0. The Morgan fingerprint density at radius 1 is 0.175 bits per heavy atom. The highest BCUT2D eigenvalue weighted by Gasteiger charge is 2.10. The predicted octanol–water partition coefficient (Wildman–Crippen LogP) is 8.11. The van der Waals surface area contributed by atoms with Crippen molar-refractivity contribution in [3.8, 4) is 11.1 Å². The molecule has 0 unspecified atom stereocenters. The van der Waals surface area contributed by atoms with Crippen LogP contribution in [-0.4, -0.2) is 0 Å². The molecule has 0 saturated heterocycles. The van der Waals surface area contributed by atoms with Gasteiger partial charge >= 0.3 is 0 Å². The van der Waals surface area contributed by atoms with E-state index in [2.05, 4.69) is 115 Å². The number of hydrogen-bond donors (Lipinski definition) is 1. The van der Waals surface area contributed by atoms with Crippen LogP contribution in [0.2, 0.25) is 0 Å². The molecule has 1 aliphatic carbocycles. The molecule has 1 nitrogen and oxygen atoms in total. The van der Waals surface area contributed by atoms with Crippen molar-refractivity contribution in [2.24, 2.45) is 0 Å².